The minimum absolute atomic E-state index is 0.113. The lowest BCUT2D eigenvalue weighted by atomic mass is 9.92. The summed E-state index contributed by atoms with van der Waals surface area (Å²) in [5.74, 6) is -0.296. The van der Waals surface area contributed by atoms with Gasteiger partial charge in [-0.1, -0.05) is 19.1 Å². The highest BCUT2D eigenvalue weighted by Gasteiger charge is 2.35. The van der Waals surface area contributed by atoms with Crippen LogP contribution in [-0.4, -0.2) is 18.5 Å². The molecule has 1 amide bonds. The van der Waals surface area contributed by atoms with Crippen LogP contribution >= 0.6 is 0 Å². The van der Waals surface area contributed by atoms with E-state index >= 15 is 0 Å². The van der Waals surface area contributed by atoms with Crippen molar-refractivity contribution < 1.29 is 18.0 Å². The van der Waals surface area contributed by atoms with Crippen LogP contribution in [0.2, 0.25) is 0 Å². The first-order valence-corrected chi connectivity index (χ1v) is 6.60. The van der Waals surface area contributed by atoms with Gasteiger partial charge in [0, 0.05) is 0 Å². The number of piperidine rings is 1. The van der Waals surface area contributed by atoms with Crippen molar-refractivity contribution in [2.75, 3.05) is 11.9 Å². The number of halogens is 3. The summed E-state index contributed by atoms with van der Waals surface area (Å²) in [4.78, 5) is 12.1. The van der Waals surface area contributed by atoms with Crippen LogP contribution in [0.1, 0.15) is 25.3 Å². The van der Waals surface area contributed by atoms with E-state index in [4.69, 9.17) is 0 Å². The minimum Gasteiger partial charge on any atom is -0.324 e. The Morgan fingerprint density at radius 1 is 1.35 bits per heavy atom. The van der Waals surface area contributed by atoms with Gasteiger partial charge in [0.05, 0.1) is 17.3 Å². The molecule has 0 saturated carbocycles. The molecular weight excluding hydrogens is 269 g/mol. The summed E-state index contributed by atoms with van der Waals surface area (Å²) in [5, 5.41) is 5.45. The van der Waals surface area contributed by atoms with Crippen LogP contribution < -0.4 is 10.6 Å². The van der Waals surface area contributed by atoms with Crippen LogP contribution in [0.4, 0.5) is 18.9 Å². The molecule has 0 bridgehead atoms. The van der Waals surface area contributed by atoms with Crippen LogP contribution in [0, 0.1) is 5.92 Å². The monoisotopic (exact) mass is 286 g/mol. The average molecular weight is 286 g/mol. The first-order valence-electron chi connectivity index (χ1n) is 6.60. The second kappa shape index (κ2) is 5.83. The number of carbonyl (C=O) groups excluding carboxylic acids is 1. The zero-order chi connectivity index (χ0) is 14.8. The van der Waals surface area contributed by atoms with Gasteiger partial charge >= 0.3 is 6.18 Å². The first kappa shape index (κ1) is 14.8. The van der Waals surface area contributed by atoms with E-state index < -0.39 is 23.7 Å². The standard InChI is InChI=1S/C14H17F3N2O/c1-9-5-4-8-18-12(9)13(20)19-11-7-3-2-6-10(11)14(15,16)17/h2-3,6-7,9,12,18H,4-5,8H2,1H3,(H,19,20). The number of carbonyl (C=O) groups is 1. The quantitative estimate of drug-likeness (QED) is 0.877. The van der Waals surface area contributed by atoms with E-state index in [1.165, 1.54) is 18.2 Å². The highest BCUT2D eigenvalue weighted by atomic mass is 19.4. The number of rotatable bonds is 2. The summed E-state index contributed by atoms with van der Waals surface area (Å²) < 4.78 is 38.6. The van der Waals surface area contributed by atoms with Gasteiger partial charge in [-0.25, -0.2) is 0 Å². The molecule has 0 radical (unpaired) electrons. The highest BCUT2D eigenvalue weighted by Crippen LogP contribution is 2.34. The predicted octanol–water partition coefficient (Wildman–Crippen LogP) is 3.03. The lowest BCUT2D eigenvalue weighted by Crippen LogP contribution is -2.48. The van der Waals surface area contributed by atoms with Crippen LogP contribution in [-0.2, 0) is 11.0 Å². The molecule has 1 aromatic carbocycles. The van der Waals surface area contributed by atoms with Gasteiger partial charge in [0.1, 0.15) is 0 Å². The molecule has 6 heteroatoms. The average Bonchev–Trinajstić information content (AvgIpc) is 2.38. The van der Waals surface area contributed by atoms with Gasteiger partial charge in [-0.05, 0) is 37.4 Å². The van der Waals surface area contributed by atoms with E-state index in [9.17, 15) is 18.0 Å². The third kappa shape index (κ3) is 3.30. The molecule has 2 rings (SSSR count). The Morgan fingerprint density at radius 3 is 2.70 bits per heavy atom. The fourth-order valence-electron chi connectivity index (χ4n) is 2.45. The second-order valence-electron chi connectivity index (χ2n) is 5.08. The number of benzene rings is 1. The van der Waals surface area contributed by atoms with E-state index in [2.05, 4.69) is 10.6 Å². The van der Waals surface area contributed by atoms with Crippen molar-refractivity contribution in [3.05, 3.63) is 29.8 Å². The molecule has 1 saturated heterocycles. The summed E-state index contributed by atoms with van der Waals surface area (Å²) in [5.41, 5.74) is -1.01. The number of amides is 1. The zero-order valence-electron chi connectivity index (χ0n) is 11.1. The Balaban J connectivity index is 2.16. The zero-order valence-corrected chi connectivity index (χ0v) is 11.1. The van der Waals surface area contributed by atoms with Crippen molar-refractivity contribution in [1.82, 2.24) is 5.32 Å². The van der Waals surface area contributed by atoms with Gasteiger partial charge < -0.3 is 10.6 Å². The van der Waals surface area contributed by atoms with Crippen molar-refractivity contribution in [1.29, 1.82) is 0 Å². The predicted molar refractivity (Wildman–Crippen MR) is 70.3 cm³/mol. The number of nitrogens with one attached hydrogen (secondary N) is 2. The normalized spacial score (nSPS) is 23.4. The number of para-hydroxylation sites is 1. The fraction of sp³-hybridized carbons (Fsp3) is 0.500. The smallest absolute Gasteiger partial charge is 0.324 e. The maximum Gasteiger partial charge on any atom is 0.418 e. The summed E-state index contributed by atoms with van der Waals surface area (Å²) >= 11 is 0. The first-order chi connectivity index (χ1) is 9.39. The molecule has 20 heavy (non-hydrogen) atoms. The van der Waals surface area contributed by atoms with Gasteiger partial charge in [0.15, 0.2) is 0 Å². The van der Waals surface area contributed by atoms with Crippen LogP contribution in [0.15, 0.2) is 24.3 Å². The molecule has 1 aliphatic rings. The Kier molecular flexibility index (Phi) is 4.32. The second-order valence-corrected chi connectivity index (χ2v) is 5.08. The maximum atomic E-state index is 12.9. The van der Waals surface area contributed by atoms with Gasteiger partial charge in [-0.3, -0.25) is 4.79 Å². The van der Waals surface area contributed by atoms with Crippen LogP contribution in [0.25, 0.3) is 0 Å². The summed E-state index contributed by atoms with van der Waals surface area (Å²) in [6.07, 6.45) is -2.61. The Morgan fingerprint density at radius 2 is 2.05 bits per heavy atom. The summed E-state index contributed by atoms with van der Waals surface area (Å²) in [7, 11) is 0. The molecule has 1 aliphatic heterocycles. The highest BCUT2D eigenvalue weighted by molar-refractivity contribution is 5.95. The molecule has 1 fully saturated rings. The minimum atomic E-state index is -4.48. The van der Waals surface area contributed by atoms with E-state index in [0.717, 1.165) is 18.9 Å². The third-order valence-corrected chi connectivity index (χ3v) is 3.54. The molecule has 3 nitrogen and oxygen atoms in total. The van der Waals surface area contributed by atoms with Crippen molar-refractivity contribution in [3.63, 3.8) is 0 Å². The van der Waals surface area contributed by atoms with E-state index in [1.54, 1.807) is 0 Å². The molecule has 0 aliphatic carbocycles. The van der Waals surface area contributed by atoms with Crippen LogP contribution in [0.3, 0.4) is 0 Å². The molecule has 110 valence electrons. The molecule has 2 N–H and O–H groups in total. The molecular formula is C14H17F3N2O. The third-order valence-electron chi connectivity index (χ3n) is 3.54. The molecule has 2 unspecified atom stereocenters. The molecule has 0 aromatic heterocycles. The number of hydrogen-bond acceptors (Lipinski definition) is 2. The number of hydrogen-bond donors (Lipinski definition) is 2. The fourth-order valence-corrected chi connectivity index (χ4v) is 2.45. The van der Waals surface area contributed by atoms with Gasteiger partial charge in [0.2, 0.25) is 5.91 Å². The van der Waals surface area contributed by atoms with Crippen molar-refractivity contribution in [2.24, 2.45) is 5.92 Å². The van der Waals surface area contributed by atoms with E-state index in [0.29, 0.717) is 6.54 Å². The number of anilines is 1. The largest absolute Gasteiger partial charge is 0.418 e. The molecule has 0 spiro atoms. The lowest BCUT2D eigenvalue weighted by molar-refractivity contribution is -0.137. The Bertz CT molecular complexity index is 488. The SMILES string of the molecule is CC1CCCNC1C(=O)Nc1ccccc1C(F)(F)F. The van der Waals surface area contributed by atoms with Gasteiger partial charge in [-0.2, -0.15) is 13.2 Å². The van der Waals surface area contributed by atoms with E-state index in [-0.39, 0.29) is 11.6 Å². The molecule has 1 heterocycles. The van der Waals surface area contributed by atoms with Crippen LogP contribution in [0.5, 0.6) is 0 Å². The lowest BCUT2D eigenvalue weighted by Gasteiger charge is -2.29. The van der Waals surface area contributed by atoms with Gasteiger partial charge in [0.25, 0.3) is 0 Å². The van der Waals surface area contributed by atoms with Crippen molar-refractivity contribution >= 4 is 11.6 Å². The number of alkyl halides is 3. The van der Waals surface area contributed by atoms with E-state index in [1.807, 2.05) is 6.92 Å². The molecule has 2 atom stereocenters. The van der Waals surface area contributed by atoms with Crippen molar-refractivity contribution in [2.45, 2.75) is 32.0 Å². The van der Waals surface area contributed by atoms with Crippen molar-refractivity contribution in [3.8, 4) is 0 Å². The van der Waals surface area contributed by atoms with Gasteiger partial charge in [-0.15, -0.1) is 0 Å². The maximum absolute atomic E-state index is 12.9. The molecule has 1 aromatic rings. The topological polar surface area (TPSA) is 41.1 Å². The summed E-state index contributed by atoms with van der Waals surface area (Å²) in [6, 6.07) is 4.58. The summed E-state index contributed by atoms with van der Waals surface area (Å²) in [6.45, 7) is 2.63. The Labute approximate surface area is 115 Å². The Hall–Kier alpha value is -1.56.